The van der Waals surface area contributed by atoms with E-state index < -0.39 is 12.1 Å². The molecule has 2 fully saturated rings. The standard InChI is InChI=1S/C15H22F3N3O2/c16-15(17,18)11-6-4-10(5-7-11)8-23-14(22)12-2-1-3-13-20-19-9-21(12)13/h10-12,19H,1-9H2/t10-,11-,12?. The molecule has 23 heavy (non-hydrogen) atoms. The number of amidine groups is 1. The summed E-state index contributed by atoms with van der Waals surface area (Å²) in [5.74, 6) is -0.531. The van der Waals surface area contributed by atoms with Crippen LogP contribution >= 0.6 is 0 Å². The minimum Gasteiger partial charge on any atom is -0.464 e. The Morgan fingerprint density at radius 1 is 1.26 bits per heavy atom. The predicted octanol–water partition coefficient (Wildman–Crippen LogP) is 2.63. The molecular weight excluding hydrogens is 311 g/mol. The summed E-state index contributed by atoms with van der Waals surface area (Å²) in [6.07, 6.45) is -0.377. The number of carbonyl (C=O) groups excluding carboxylic acids is 1. The number of halogens is 3. The SMILES string of the molecule is O=C(OC[C@H]1CC[C@H](C(F)(F)F)CC1)C1CCCC2=NNCN21. The van der Waals surface area contributed by atoms with Crippen molar-refractivity contribution in [3.63, 3.8) is 0 Å². The van der Waals surface area contributed by atoms with Crippen LogP contribution in [0.1, 0.15) is 44.9 Å². The van der Waals surface area contributed by atoms with E-state index in [9.17, 15) is 18.0 Å². The van der Waals surface area contributed by atoms with Crippen molar-refractivity contribution in [2.45, 2.75) is 57.2 Å². The van der Waals surface area contributed by atoms with Crippen molar-refractivity contribution in [2.24, 2.45) is 16.9 Å². The lowest BCUT2D eigenvalue weighted by molar-refractivity contribution is -0.185. The molecule has 0 amide bonds. The first-order valence-corrected chi connectivity index (χ1v) is 8.24. The molecule has 2 heterocycles. The van der Waals surface area contributed by atoms with Gasteiger partial charge in [-0.1, -0.05) is 0 Å². The molecule has 3 aliphatic rings. The van der Waals surface area contributed by atoms with E-state index in [1.165, 1.54) is 0 Å². The van der Waals surface area contributed by atoms with Gasteiger partial charge in [-0.15, -0.1) is 0 Å². The summed E-state index contributed by atoms with van der Waals surface area (Å²) >= 11 is 0. The zero-order valence-corrected chi connectivity index (χ0v) is 12.9. The summed E-state index contributed by atoms with van der Waals surface area (Å²) < 4.78 is 43.3. The first-order chi connectivity index (χ1) is 10.9. The van der Waals surface area contributed by atoms with Gasteiger partial charge in [0.15, 0.2) is 0 Å². The monoisotopic (exact) mass is 333 g/mol. The van der Waals surface area contributed by atoms with E-state index in [0.29, 0.717) is 19.5 Å². The molecule has 3 rings (SSSR count). The van der Waals surface area contributed by atoms with Gasteiger partial charge in [-0.25, -0.2) is 4.79 Å². The van der Waals surface area contributed by atoms with Crippen molar-refractivity contribution in [1.29, 1.82) is 0 Å². The molecule has 2 aliphatic heterocycles. The Morgan fingerprint density at radius 2 is 2.00 bits per heavy atom. The van der Waals surface area contributed by atoms with Gasteiger partial charge >= 0.3 is 12.1 Å². The van der Waals surface area contributed by atoms with Crippen LogP contribution in [-0.2, 0) is 9.53 Å². The number of rotatable bonds is 3. The van der Waals surface area contributed by atoms with E-state index in [1.54, 1.807) is 0 Å². The van der Waals surface area contributed by atoms with Gasteiger partial charge < -0.3 is 9.64 Å². The average molecular weight is 333 g/mol. The van der Waals surface area contributed by atoms with Gasteiger partial charge in [0.2, 0.25) is 0 Å². The molecule has 1 saturated heterocycles. The van der Waals surface area contributed by atoms with E-state index in [2.05, 4.69) is 10.5 Å². The molecule has 0 aromatic rings. The fourth-order valence-corrected chi connectivity index (χ4v) is 3.65. The van der Waals surface area contributed by atoms with E-state index in [-0.39, 0.29) is 37.4 Å². The highest BCUT2D eigenvalue weighted by atomic mass is 19.4. The number of carbonyl (C=O) groups is 1. The van der Waals surface area contributed by atoms with E-state index in [0.717, 1.165) is 25.1 Å². The molecule has 1 saturated carbocycles. The first kappa shape index (κ1) is 16.4. The summed E-state index contributed by atoms with van der Waals surface area (Å²) in [7, 11) is 0. The number of ether oxygens (including phenoxy) is 1. The third-order valence-corrected chi connectivity index (χ3v) is 5.08. The number of hydrogen-bond acceptors (Lipinski definition) is 5. The van der Waals surface area contributed by atoms with Crippen LogP contribution in [0.2, 0.25) is 0 Å². The van der Waals surface area contributed by atoms with Crippen LogP contribution in [0.4, 0.5) is 13.2 Å². The van der Waals surface area contributed by atoms with Gasteiger partial charge in [0, 0.05) is 6.42 Å². The predicted molar refractivity (Wildman–Crippen MR) is 77.4 cm³/mol. The van der Waals surface area contributed by atoms with Crippen LogP contribution < -0.4 is 5.43 Å². The first-order valence-electron chi connectivity index (χ1n) is 8.24. The fraction of sp³-hybridized carbons (Fsp3) is 0.867. The second-order valence-electron chi connectivity index (χ2n) is 6.61. The number of esters is 1. The largest absolute Gasteiger partial charge is 0.464 e. The van der Waals surface area contributed by atoms with E-state index >= 15 is 0 Å². The minimum absolute atomic E-state index is 0.0472. The Morgan fingerprint density at radius 3 is 2.70 bits per heavy atom. The number of fused-ring (bicyclic) bond motifs is 1. The number of nitrogens with one attached hydrogen (secondary N) is 1. The van der Waals surface area contributed by atoms with E-state index in [1.807, 2.05) is 4.90 Å². The van der Waals surface area contributed by atoms with Crippen molar-refractivity contribution < 1.29 is 22.7 Å². The van der Waals surface area contributed by atoms with Crippen molar-refractivity contribution in [3.8, 4) is 0 Å². The Bertz CT molecular complexity index is 473. The van der Waals surface area contributed by atoms with Crippen LogP contribution in [0.15, 0.2) is 5.10 Å². The average Bonchev–Trinajstić information content (AvgIpc) is 3.00. The highest BCUT2D eigenvalue weighted by Crippen LogP contribution is 2.39. The molecule has 5 nitrogen and oxygen atoms in total. The summed E-state index contributed by atoms with van der Waals surface area (Å²) in [6.45, 7) is 0.749. The molecule has 1 atom stereocenters. The molecule has 130 valence electrons. The lowest BCUT2D eigenvalue weighted by Gasteiger charge is -2.33. The lowest BCUT2D eigenvalue weighted by atomic mass is 9.82. The van der Waals surface area contributed by atoms with Crippen molar-refractivity contribution >= 4 is 11.8 Å². The molecule has 0 radical (unpaired) electrons. The van der Waals surface area contributed by atoms with Gasteiger partial charge in [0.05, 0.1) is 12.5 Å². The lowest BCUT2D eigenvalue weighted by Crippen LogP contribution is -2.48. The number of nitrogens with zero attached hydrogens (tertiary/aromatic N) is 2. The highest BCUT2D eigenvalue weighted by molar-refractivity contribution is 5.89. The summed E-state index contributed by atoms with van der Waals surface area (Å²) in [5.41, 5.74) is 2.87. The smallest absolute Gasteiger partial charge is 0.391 e. The number of hydrogen-bond donors (Lipinski definition) is 1. The van der Waals surface area contributed by atoms with Gasteiger partial charge in [-0.3, -0.25) is 5.43 Å². The topological polar surface area (TPSA) is 53.9 Å². The maximum absolute atomic E-state index is 12.6. The second-order valence-corrected chi connectivity index (χ2v) is 6.61. The van der Waals surface area contributed by atoms with Gasteiger partial charge in [-0.2, -0.15) is 18.3 Å². The molecule has 0 aromatic heterocycles. The molecule has 0 spiro atoms. The van der Waals surface area contributed by atoms with Crippen LogP contribution in [-0.4, -0.2) is 42.2 Å². The maximum Gasteiger partial charge on any atom is 0.391 e. The molecule has 1 N–H and O–H groups in total. The van der Waals surface area contributed by atoms with Crippen LogP contribution in [0.3, 0.4) is 0 Å². The quantitative estimate of drug-likeness (QED) is 0.807. The molecule has 0 bridgehead atoms. The normalized spacial score (nSPS) is 31.2. The number of hydrazone groups is 1. The fourth-order valence-electron chi connectivity index (χ4n) is 3.65. The van der Waals surface area contributed by atoms with Crippen molar-refractivity contribution in [3.05, 3.63) is 0 Å². The molecule has 1 aliphatic carbocycles. The Hall–Kier alpha value is -1.47. The Kier molecular flexibility index (Phi) is 4.68. The summed E-state index contributed by atoms with van der Waals surface area (Å²) in [4.78, 5) is 14.2. The van der Waals surface area contributed by atoms with Crippen molar-refractivity contribution in [2.75, 3.05) is 13.3 Å². The zero-order valence-electron chi connectivity index (χ0n) is 12.9. The van der Waals surface area contributed by atoms with Crippen LogP contribution in [0.25, 0.3) is 0 Å². The molecule has 0 aromatic carbocycles. The Labute approximate surface area is 133 Å². The maximum atomic E-state index is 12.6. The molecule has 8 heteroatoms. The van der Waals surface area contributed by atoms with Crippen LogP contribution in [0.5, 0.6) is 0 Å². The Balaban J connectivity index is 1.44. The van der Waals surface area contributed by atoms with E-state index in [4.69, 9.17) is 4.74 Å². The van der Waals surface area contributed by atoms with Gasteiger partial charge in [0.1, 0.15) is 18.5 Å². The summed E-state index contributed by atoms with van der Waals surface area (Å²) in [6, 6.07) is -0.316. The van der Waals surface area contributed by atoms with Crippen LogP contribution in [0, 0.1) is 11.8 Å². The van der Waals surface area contributed by atoms with Gasteiger partial charge in [-0.05, 0) is 44.4 Å². The minimum atomic E-state index is -4.10. The molecular formula is C15H22F3N3O2. The zero-order chi connectivity index (χ0) is 16.4. The second kappa shape index (κ2) is 6.57. The summed E-state index contributed by atoms with van der Waals surface area (Å²) in [5, 5.41) is 4.15. The number of alkyl halides is 3. The third-order valence-electron chi connectivity index (χ3n) is 5.08. The third kappa shape index (κ3) is 3.72. The van der Waals surface area contributed by atoms with Crippen molar-refractivity contribution in [1.82, 2.24) is 10.3 Å². The molecule has 1 unspecified atom stereocenters. The number of piperidine rings is 1. The highest BCUT2D eigenvalue weighted by Gasteiger charge is 2.42. The van der Waals surface area contributed by atoms with Gasteiger partial charge in [0.25, 0.3) is 0 Å².